The van der Waals surface area contributed by atoms with Gasteiger partial charge in [-0.3, -0.25) is 0 Å². The third-order valence-corrected chi connectivity index (χ3v) is 3.82. The first-order chi connectivity index (χ1) is 11.3. The molecule has 0 spiro atoms. The van der Waals surface area contributed by atoms with Crippen LogP contribution in [0.1, 0.15) is 18.1 Å². The lowest BCUT2D eigenvalue weighted by Crippen LogP contribution is -2.42. The summed E-state index contributed by atoms with van der Waals surface area (Å²) in [6.45, 7) is 4.32. The van der Waals surface area contributed by atoms with Crippen LogP contribution in [0.3, 0.4) is 0 Å². The maximum absolute atomic E-state index is 5.95. The van der Waals surface area contributed by atoms with E-state index in [0.717, 1.165) is 31.2 Å². The summed E-state index contributed by atoms with van der Waals surface area (Å²) < 4.78 is 5.95. The summed E-state index contributed by atoms with van der Waals surface area (Å²) in [5.41, 5.74) is 2.49. The van der Waals surface area contributed by atoms with E-state index < -0.39 is 0 Å². The Kier molecular flexibility index (Phi) is 7.36. The van der Waals surface area contributed by atoms with Crippen LogP contribution in [0.15, 0.2) is 59.6 Å². The number of rotatable bonds is 5. The second-order valence-electron chi connectivity index (χ2n) is 5.61. The Morgan fingerprint density at radius 3 is 2.58 bits per heavy atom. The molecule has 0 bridgehead atoms. The Morgan fingerprint density at radius 1 is 1.08 bits per heavy atom. The molecule has 1 heterocycles. The van der Waals surface area contributed by atoms with Gasteiger partial charge in [-0.25, -0.2) is 4.99 Å². The molecule has 0 saturated carbocycles. The number of guanidine groups is 1. The zero-order valence-corrected chi connectivity index (χ0v) is 16.2. The van der Waals surface area contributed by atoms with E-state index in [4.69, 9.17) is 4.74 Å². The molecule has 0 amide bonds. The number of nitrogens with one attached hydrogen (secondary N) is 2. The molecule has 5 heteroatoms. The van der Waals surface area contributed by atoms with Gasteiger partial charge in [0.2, 0.25) is 0 Å². The smallest absolute Gasteiger partial charge is 0.191 e. The van der Waals surface area contributed by atoms with Crippen LogP contribution in [0.25, 0.3) is 0 Å². The predicted molar refractivity (Wildman–Crippen MR) is 109 cm³/mol. The van der Waals surface area contributed by atoms with Gasteiger partial charge in [0.15, 0.2) is 5.96 Å². The van der Waals surface area contributed by atoms with Crippen molar-refractivity contribution < 1.29 is 4.74 Å². The molecule has 2 aromatic rings. The lowest BCUT2D eigenvalue weighted by atomic mass is 10.1. The molecule has 128 valence electrons. The largest absolute Gasteiger partial charge is 0.488 e. The molecular weight excluding hydrogens is 413 g/mol. The topological polar surface area (TPSA) is 45.7 Å². The molecule has 1 atom stereocenters. The van der Waals surface area contributed by atoms with E-state index in [1.165, 1.54) is 11.1 Å². The van der Waals surface area contributed by atoms with E-state index in [9.17, 15) is 0 Å². The van der Waals surface area contributed by atoms with Crippen LogP contribution < -0.4 is 15.4 Å². The number of hydrogen-bond donors (Lipinski definition) is 2. The Labute approximate surface area is 160 Å². The van der Waals surface area contributed by atoms with Crippen LogP contribution in [0.4, 0.5) is 0 Å². The molecular formula is C19H24IN3O. The maximum Gasteiger partial charge on any atom is 0.191 e. The average molecular weight is 437 g/mol. The highest BCUT2D eigenvalue weighted by molar-refractivity contribution is 14.0. The van der Waals surface area contributed by atoms with Gasteiger partial charge >= 0.3 is 0 Å². The summed E-state index contributed by atoms with van der Waals surface area (Å²) >= 11 is 0. The minimum atomic E-state index is 0. The highest BCUT2D eigenvalue weighted by Gasteiger charge is 2.22. The van der Waals surface area contributed by atoms with Crippen molar-refractivity contribution in [3.63, 3.8) is 0 Å². The molecule has 3 rings (SSSR count). The van der Waals surface area contributed by atoms with Gasteiger partial charge in [0.25, 0.3) is 0 Å². The van der Waals surface area contributed by atoms with Gasteiger partial charge in [-0.2, -0.15) is 0 Å². The van der Waals surface area contributed by atoms with Crippen molar-refractivity contribution in [1.29, 1.82) is 0 Å². The number of halogens is 1. The van der Waals surface area contributed by atoms with E-state index in [-0.39, 0.29) is 30.1 Å². The normalized spacial score (nSPS) is 15.9. The van der Waals surface area contributed by atoms with Crippen LogP contribution in [0.5, 0.6) is 5.75 Å². The summed E-state index contributed by atoms with van der Waals surface area (Å²) in [4.78, 5) is 4.63. The van der Waals surface area contributed by atoms with Gasteiger partial charge in [0.1, 0.15) is 11.9 Å². The molecule has 4 nitrogen and oxygen atoms in total. The Balaban J connectivity index is 0.00000208. The van der Waals surface area contributed by atoms with Crippen LogP contribution >= 0.6 is 24.0 Å². The molecule has 1 unspecified atom stereocenters. The second-order valence-corrected chi connectivity index (χ2v) is 5.61. The van der Waals surface area contributed by atoms with Crippen molar-refractivity contribution in [2.24, 2.45) is 4.99 Å². The molecule has 0 saturated heterocycles. The molecule has 0 fully saturated rings. The monoisotopic (exact) mass is 437 g/mol. The lowest BCUT2D eigenvalue weighted by molar-refractivity contribution is 0.235. The van der Waals surface area contributed by atoms with Gasteiger partial charge in [0.05, 0.1) is 13.1 Å². The number of para-hydroxylation sites is 1. The summed E-state index contributed by atoms with van der Waals surface area (Å²) in [5.74, 6) is 1.83. The molecule has 1 aliphatic heterocycles. The Bertz CT molecular complexity index is 636. The highest BCUT2D eigenvalue weighted by Crippen LogP contribution is 2.27. The Hall–Kier alpha value is -1.76. The van der Waals surface area contributed by atoms with Crippen LogP contribution in [-0.2, 0) is 13.0 Å². The molecule has 2 N–H and O–H groups in total. The van der Waals surface area contributed by atoms with E-state index in [2.05, 4.69) is 46.8 Å². The first kappa shape index (κ1) is 18.6. The summed E-state index contributed by atoms with van der Waals surface area (Å²) in [6, 6.07) is 18.5. The first-order valence-corrected chi connectivity index (χ1v) is 8.16. The first-order valence-electron chi connectivity index (χ1n) is 8.16. The zero-order chi connectivity index (χ0) is 15.9. The SMILES string of the molecule is CCNC(=NCc1ccccc1)NCC1Cc2ccccc2O1.I. The van der Waals surface area contributed by atoms with Crippen molar-refractivity contribution in [2.45, 2.75) is 26.0 Å². The molecule has 0 aliphatic carbocycles. The van der Waals surface area contributed by atoms with Crippen molar-refractivity contribution in [3.8, 4) is 5.75 Å². The highest BCUT2D eigenvalue weighted by atomic mass is 127. The van der Waals surface area contributed by atoms with Gasteiger partial charge in [-0.05, 0) is 24.1 Å². The third-order valence-electron chi connectivity index (χ3n) is 3.82. The van der Waals surface area contributed by atoms with E-state index in [0.29, 0.717) is 6.54 Å². The standard InChI is InChI=1S/C19H23N3O.HI/c1-2-20-19(21-13-15-8-4-3-5-9-15)22-14-17-12-16-10-6-7-11-18(16)23-17;/h3-11,17H,2,12-14H2,1H3,(H2,20,21,22);1H. The molecule has 0 aromatic heterocycles. The van der Waals surface area contributed by atoms with Crippen molar-refractivity contribution >= 4 is 29.9 Å². The molecule has 24 heavy (non-hydrogen) atoms. The van der Waals surface area contributed by atoms with Gasteiger partial charge in [0, 0.05) is 13.0 Å². The van der Waals surface area contributed by atoms with E-state index >= 15 is 0 Å². The van der Waals surface area contributed by atoms with Gasteiger partial charge in [-0.15, -0.1) is 24.0 Å². The predicted octanol–water partition coefficient (Wildman–Crippen LogP) is 3.36. The lowest BCUT2D eigenvalue weighted by Gasteiger charge is -2.15. The van der Waals surface area contributed by atoms with Crippen LogP contribution in [-0.4, -0.2) is 25.2 Å². The number of nitrogens with zero attached hydrogens (tertiary/aromatic N) is 1. The minimum Gasteiger partial charge on any atom is -0.488 e. The third kappa shape index (κ3) is 5.12. The van der Waals surface area contributed by atoms with Crippen molar-refractivity contribution in [1.82, 2.24) is 10.6 Å². The summed E-state index contributed by atoms with van der Waals surface area (Å²) in [6.07, 6.45) is 1.11. The fourth-order valence-electron chi connectivity index (χ4n) is 2.67. The van der Waals surface area contributed by atoms with Gasteiger partial charge < -0.3 is 15.4 Å². The van der Waals surface area contributed by atoms with Crippen molar-refractivity contribution in [3.05, 3.63) is 65.7 Å². The molecule has 2 aromatic carbocycles. The zero-order valence-electron chi connectivity index (χ0n) is 13.9. The molecule has 1 aliphatic rings. The van der Waals surface area contributed by atoms with Gasteiger partial charge in [-0.1, -0.05) is 48.5 Å². The molecule has 0 radical (unpaired) electrons. The van der Waals surface area contributed by atoms with E-state index in [1.54, 1.807) is 0 Å². The number of ether oxygens (including phenoxy) is 1. The van der Waals surface area contributed by atoms with Crippen LogP contribution in [0, 0.1) is 0 Å². The summed E-state index contributed by atoms with van der Waals surface area (Å²) in [5, 5.41) is 6.66. The number of hydrogen-bond acceptors (Lipinski definition) is 2. The quantitative estimate of drug-likeness (QED) is 0.429. The summed E-state index contributed by atoms with van der Waals surface area (Å²) in [7, 11) is 0. The Morgan fingerprint density at radius 2 is 1.83 bits per heavy atom. The van der Waals surface area contributed by atoms with Crippen molar-refractivity contribution in [2.75, 3.05) is 13.1 Å². The number of fused-ring (bicyclic) bond motifs is 1. The fraction of sp³-hybridized carbons (Fsp3) is 0.316. The van der Waals surface area contributed by atoms with Crippen LogP contribution in [0.2, 0.25) is 0 Å². The van der Waals surface area contributed by atoms with E-state index in [1.807, 2.05) is 30.3 Å². The number of aliphatic imine (C=N–C) groups is 1. The average Bonchev–Trinajstić information content (AvgIpc) is 3.01. The maximum atomic E-state index is 5.95. The minimum absolute atomic E-state index is 0. The fourth-order valence-corrected chi connectivity index (χ4v) is 2.67. The number of benzene rings is 2. The second kappa shape index (κ2) is 9.52.